The summed E-state index contributed by atoms with van der Waals surface area (Å²) in [5.41, 5.74) is 2.03. The molecule has 2 rings (SSSR count). The number of amides is 1. The lowest BCUT2D eigenvalue weighted by Crippen LogP contribution is -2.43. The summed E-state index contributed by atoms with van der Waals surface area (Å²) >= 11 is 0. The number of hydrogen-bond acceptors (Lipinski definition) is 6. The van der Waals surface area contributed by atoms with Crippen molar-refractivity contribution in [2.24, 2.45) is 0 Å². The number of unbranched alkanes of at least 4 members (excludes halogenated alkanes) is 8. The van der Waals surface area contributed by atoms with E-state index in [1.54, 1.807) is 6.92 Å². The van der Waals surface area contributed by atoms with E-state index in [0.717, 1.165) is 29.3 Å². The molecule has 0 saturated carbocycles. The highest BCUT2D eigenvalue weighted by Crippen LogP contribution is 2.19. The molecule has 0 aliphatic rings. The van der Waals surface area contributed by atoms with Crippen LogP contribution in [-0.4, -0.2) is 63.5 Å². The molecule has 1 aromatic carbocycles. The number of benzene rings is 1. The molecule has 9 nitrogen and oxygen atoms in total. The van der Waals surface area contributed by atoms with Gasteiger partial charge in [0, 0.05) is 29.9 Å². The second-order valence-electron chi connectivity index (χ2n) is 9.05. The van der Waals surface area contributed by atoms with Crippen LogP contribution in [0.2, 0.25) is 0 Å². The van der Waals surface area contributed by atoms with E-state index in [9.17, 15) is 14.4 Å². The molecule has 0 aliphatic carbocycles. The molecule has 37 heavy (non-hydrogen) atoms. The van der Waals surface area contributed by atoms with E-state index in [2.05, 4.69) is 17.2 Å². The number of carbonyl (C=O) groups excluding carboxylic acids is 2. The summed E-state index contributed by atoms with van der Waals surface area (Å²) in [6.07, 6.45) is 12.1. The van der Waals surface area contributed by atoms with E-state index in [0.29, 0.717) is 19.4 Å². The maximum Gasteiger partial charge on any atom is 0.334 e. The Hall–Kier alpha value is -2.91. The standard InChI is InChI=1S/C25H38N2O3.C3H6O4/c1-3-5-6-7-8-9-10-11-12-17-24(28)27-23(25(29)30-4-2)18-20-19-26-22-16-14-13-15-21(20)22;4-1-2(5)3(6)7/h13-16,19,23,26H,3-12,17-18H2,1-2H3,(H,27,28);2,4-5H,1H2,(H,6,7)/t23-;/m0./s1. The first-order valence-electron chi connectivity index (χ1n) is 13.4. The number of ether oxygens (including phenoxy) is 1. The van der Waals surface area contributed by atoms with E-state index >= 15 is 0 Å². The van der Waals surface area contributed by atoms with Gasteiger partial charge in [0.2, 0.25) is 5.91 Å². The average molecular weight is 521 g/mol. The van der Waals surface area contributed by atoms with Gasteiger partial charge in [0.1, 0.15) is 6.04 Å². The molecule has 5 N–H and O–H groups in total. The number of para-hydroxylation sites is 1. The summed E-state index contributed by atoms with van der Waals surface area (Å²) in [6.45, 7) is 3.59. The number of aromatic amines is 1. The summed E-state index contributed by atoms with van der Waals surface area (Å²) in [4.78, 5) is 37.6. The van der Waals surface area contributed by atoms with E-state index in [-0.39, 0.29) is 11.9 Å². The molecule has 208 valence electrons. The number of fused-ring (bicyclic) bond motifs is 1. The second kappa shape index (κ2) is 19.2. The molecule has 0 radical (unpaired) electrons. The normalized spacial score (nSPS) is 12.3. The molecule has 1 unspecified atom stereocenters. The number of aromatic nitrogens is 1. The molecule has 0 bridgehead atoms. The third kappa shape index (κ3) is 13.3. The van der Waals surface area contributed by atoms with Crippen molar-refractivity contribution in [3.05, 3.63) is 36.0 Å². The van der Waals surface area contributed by atoms with Gasteiger partial charge in [-0.1, -0.05) is 76.5 Å². The summed E-state index contributed by atoms with van der Waals surface area (Å²) in [6, 6.07) is 7.31. The van der Waals surface area contributed by atoms with Crippen LogP contribution in [0.3, 0.4) is 0 Å². The van der Waals surface area contributed by atoms with Crippen LogP contribution in [0, 0.1) is 0 Å². The number of aliphatic carboxylic acids is 1. The van der Waals surface area contributed by atoms with Crippen LogP contribution in [0.1, 0.15) is 83.6 Å². The zero-order valence-corrected chi connectivity index (χ0v) is 22.2. The highest BCUT2D eigenvalue weighted by atomic mass is 16.5. The zero-order chi connectivity index (χ0) is 27.5. The molecule has 0 fully saturated rings. The Kier molecular flexibility index (Phi) is 16.7. The fourth-order valence-electron chi connectivity index (χ4n) is 3.90. The molecule has 1 amide bonds. The number of carboxylic acids is 1. The van der Waals surface area contributed by atoms with Crippen molar-refractivity contribution < 1.29 is 34.4 Å². The summed E-state index contributed by atoms with van der Waals surface area (Å²) in [5, 5.41) is 27.7. The van der Waals surface area contributed by atoms with Gasteiger partial charge in [-0.3, -0.25) is 4.79 Å². The first kappa shape index (κ1) is 32.1. The summed E-state index contributed by atoms with van der Waals surface area (Å²) in [7, 11) is 0. The van der Waals surface area contributed by atoms with Crippen LogP contribution < -0.4 is 5.32 Å². The Morgan fingerprint density at radius 3 is 2.16 bits per heavy atom. The number of H-pyrrole nitrogens is 1. The Bertz CT molecular complexity index is 928. The molecule has 2 atom stereocenters. The van der Waals surface area contributed by atoms with Crippen LogP contribution >= 0.6 is 0 Å². The number of aliphatic hydroxyl groups excluding tert-OH is 2. The monoisotopic (exact) mass is 520 g/mol. The highest BCUT2D eigenvalue weighted by molar-refractivity contribution is 5.87. The average Bonchev–Trinajstić information content (AvgIpc) is 3.30. The smallest absolute Gasteiger partial charge is 0.334 e. The van der Waals surface area contributed by atoms with Gasteiger partial charge in [-0.2, -0.15) is 0 Å². The molecule has 1 heterocycles. The van der Waals surface area contributed by atoms with Crippen LogP contribution in [0.4, 0.5) is 0 Å². The molecule has 9 heteroatoms. The predicted molar refractivity (Wildman–Crippen MR) is 143 cm³/mol. The Morgan fingerprint density at radius 1 is 0.973 bits per heavy atom. The zero-order valence-electron chi connectivity index (χ0n) is 22.2. The third-order valence-electron chi connectivity index (χ3n) is 5.97. The largest absolute Gasteiger partial charge is 0.479 e. The van der Waals surface area contributed by atoms with Crippen LogP contribution in [0.25, 0.3) is 10.9 Å². The van der Waals surface area contributed by atoms with Crippen LogP contribution in [0.15, 0.2) is 30.5 Å². The number of hydrogen-bond donors (Lipinski definition) is 5. The van der Waals surface area contributed by atoms with E-state index in [4.69, 9.17) is 20.1 Å². The number of nitrogens with one attached hydrogen (secondary N) is 2. The van der Waals surface area contributed by atoms with Gasteiger partial charge in [0.05, 0.1) is 13.2 Å². The van der Waals surface area contributed by atoms with Crippen LogP contribution in [0.5, 0.6) is 0 Å². The van der Waals surface area contributed by atoms with E-state index in [1.165, 1.54) is 44.9 Å². The fraction of sp³-hybridized carbons (Fsp3) is 0.607. The molecule has 2 aromatic rings. The Labute approximate surface area is 219 Å². The first-order valence-corrected chi connectivity index (χ1v) is 13.4. The molecule has 0 spiro atoms. The van der Waals surface area contributed by atoms with Crippen molar-refractivity contribution in [2.75, 3.05) is 13.2 Å². The number of rotatable bonds is 17. The molecule has 0 saturated heterocycles. The predicted octanol–water partition coefficient (Wildman–Crippen LogP) is 4.10. The van der Waals surface area contributed by atoms with Gasteiger partial charge in [0.25, 0.3) is 0 Å². The van der Waals surface area contributed by atoms with Crippen molar-refractivity contribution in [3.63, 3.8) is 0 Å². The highest BCUT2D eigenvalue weighted by Gasteiger charge is 2.23. The minimum Gasteiger partial charge on any atom is -0.479 e. The van der Waals surface area contributed by atoms with Gasteiger partial charge in [0.15, 0.2) is 6.10 Å². The number of esters is 1. The van der Waals surface area contributed by atoms with Crippen LogP contribution in [-0.2, 0) is 25.5 Å². The fourth-order valence-corrected chi connectivity index (χ4v) is 3.90. The lowest BCUT2D eigenvalue weighted by Gasteiger charge is -2.17. The topological polar surface area (TPSA) is 149 Å². The van der Waals surface area contributed by atoms with Crippen molar-refractivity contribution in [1.29, 1.82) is 0 Å². The van der Waals surface area contributed by atoms with Gasteiger partial charge < -0.3 is 30.4 Å². The second-order valence-corrected chi connectivity index (χ2v) is 9.05. The number of aliphatic hydroxyl groups is 2. The van der Waals surface area contributed by atoms with Crippen molar-refractivity contribution in [3.8, 4) is 0 Å². The quantitative estimate of drug-likeness (QED) is 0.156. The van der Waals surface area contributed by atoms with E-state index in [1.807, 2.05) is 30.5 Å². The molecular weight excluding hydrogens is 476 g/mol. The van der Waals surface area contributed by atoms with Gasteiger partial charge >= 0.3 is 11.9 Å². The van der Waals surface area contributed by atoms with Crippen molar-refractivity contribution >= 4 is 28.7 Å². The summed E-state index contributed by atoms with van der Waals surface area (Å²) < 4.78 is 5.20. The molecule has 1 aromatic heterocycles. The van der Waals surface area contributed by atoms with Gasteiger partial charge in [-0.25, -0.2) is 9.59 Å². The lowest BCUT2D eigenvalue weighted by molar-refractivity contribution is -0.148. The lowest BCUT2D eigenvalue weighted by atomic mass is 10.0. The van der Waals surface area contributed by atoms with E-state index < -0.39 is 24.7 Å². The molecular formula is C28H44N2O7. The maximum atomic E-state index is 12.4. The number of carbonyl (C=O) groups is 3. The number of carboxylic acid groups (broad SMARTS) is 1. The van der Waals surface area contributed by atoms with Crippen molar-refractivity contribution in [2.45, 2.75) is 96.6 Å². The summed E-state index contributed by atoms with van der Waals surface area (Å²) in [5.74, 6) is -1.85. The van der Waals surface area contributed by atoms with Gasteiger partial charge in [-0.15, -0.1) is 0 Å². The molecule has 0 aliphatic heterocycles. The minimum atomic E-state index is -1.63. The van der Waals surface area contributed by atoms with Crippen molar-refractivity contribution in [1.82, 2.24) is 10.3 Å². The SMILES string of the molecule is CCCCCCCCCCCC(=O)N[C@@H](Cc1c[nH]c2ccccc12)C(=O)OCC.O=C(O)C(O)CO. The Balaban J connectivity index is 0.000000856. The maximum absolute atomic E-state index is 12.4. The third-order valence-corrected chi connectivity index (χ3v) is 5.97. The Morgan fingerprint density at radius 2 is 1.59 bits per heavy atom. The minimum absolute atomic E-state index is 0.0733. The van der Waals surface area contributed by atoms with Gasteiger partial charge in [-0.05, 0) is 25.0 Å². The first-order chi connectivity index (χ1) is 17.8.